The van der Waals surface area contributed by atoms with E-state index in [1.54, 1.807) is 6.07 Å². The van der Waals surface area contributed by atoms with Crippen LogP contribution in [0.3, 0.4) is 0 Å². The number of pyridine rings is 1. The first-order valence-corrected chi connectivity index (χ1v) is 6.31. The second-order valence-electron chi connectivity index (χ2n) is 3.99. The van der Waals surface area contributed by atoms with Crippen molar-refractivity contribution in [3.63, 3.8) is 0 Å². The lowest BCUT2D eigenvalue weighted by atomic mass is 10.1. The van der Waals surface area contributed by atoms with E-state index in [0.29, 0.717) is 10.0 Å². The van der Waals surface area contributed by atoms with Crippen molar-refractivity contribution < 1.29 is 0 Å². The summed E-state index contributed by atoms with van der Waals surface area (Å²) in [6.07, 6.45) is 0. The van der Waals surface area contributed by atoms with Gasteiger partial charge in [-0.15, -0.1) is 0 Å². The molecule has 0 N–H and O–H groups in total. The number of benzene rings is 2. The highest BCUT2D eigenvalue weighted by molar-refractivity contribution is 6.43. The number of nitrogens with zero attached hydrogens (tertiary/aromatic N) is 1. The Morgan fingerprint density at radius 1 is 0.778 bits per heavy atom. The maximum Gasteiger partial charge on any atom is 0.0725 e. The molecule has 88 valence electrons. The molecule has 0 spiro atoms. The lowest BCUT2D eigenvalue weighted by molar-refractivity contribution is 1.40. The van der Waals surface area contributed by atoms with Gasteiger partial charge in [-0.3, -0.25) is 0 Å². The molecule has 0 saturated heterocycles. The largest absolute Gasteiger partial charge is 0.248 e. The topological polar surface area (TPSA) is 12.9 Å². The Bertz CT molecular complexity index is 723. The Balaban J connectivity index is 2.22. The maximum absolute atomic E-state index is 6.21. The summed E-state index contributed by atoms with van der Waals surface area (Å²) in [6, 6.07) is 17.5. The number of fused-ring (bicyclic) bond motifs is 1. The zero-order chi connectivity index (χ0) is 12.5. The summed E-state index contributed by atoms with van der Waals surface area (Å²) < 4.78 is 0. The second kappa shape index (κ2) is 4.60. The minimum Gasteiger partial charge on any atom is -0.248 e. The summed E-state index contributed by atoms with van der Waals surface area (Å²) in [7, 11) is 0. The molecule has 0 bridgehead atoms. The summed E-state index contributed by atoms with van der Waals surface area (Å²) in [4.78, 5) is 4.60. The molecule has 0 saturated carbocycles. The van der Waals surface area contributed by atoms with Gasteiger partial charge in [0.2, 0.25) is 0 Å². The van der Waals surface area contributed by atoms with E-state index in [2.05, 4.69) is 4.98 Å². The Morgan fingerprint density at radius 3 is 2.50 bits per heavy atom. The molecule has 3 rings (SSSR count). The van der Waals surface area contributed by atoms with Gasteiger partial charge >= 0.3 is 0 Å². The first kappa shape index (κ1) is 11.5. The molecule has 0 amide bonds. The number of aromatic nitrogens is 1. The predicted molar refractivity (Wildman–Crippen MR) is 77.2 cm³/mol. The van der Waals surface area contributed by atoms with Crippen LogP contribution in [0.1, 0.15) is 0 Å². The van der Waals surface area contributed by atoms with Crippen LogP contribution in [0.5, 0.6) is 0 Å². The van der Waals surface area contributed by atoms with Crippen molar-refractivity contribution in [1.29, 1.82) is 0 Å². The number of hydrogen-bond donors (Lipinski definition) is 0. The van der Waals surface area contributed by atoms with Crippen molar-refractivity contribution in [2.24, 2.45) is 0 Å². The summed E-state index contributed by atoms with van der Waals surface area (Å²) in [5.41, 5.74) is 2.64. The molecule has 0 aliphatic rings. The van der Waals surface area contributed by atoms with E-state index in [0.717, 1.165) is 22.2 Å². The third-order valence-corrected chi connectivity index (χ3v) is 3.64. The molecular weight excluding hydrogens is 265 g/mol. The highest BCUT2D eigenvalue weighted by Crippen LogP contribution is 2.33. The highest BCUT2D eigenvalue weighted by Gasteiger charge is 2.08. The smallest absolute Gasteiger partial charge is 0.0725 e. The van der Waals surface area contributed by atoms with Crippen molar-refractivity contribution in [2.45, 2.75) is 0 Å². The van der Waals surface area contributed by atoms with Crippen LogP contribution in [0.4, 0.5) is 0 Å². The quantitative estimate of drug-likeness (QED) is 0.593. The lowest BCUT2D eigenvalue weighted by Gasteiger charge is -2.06. The lowest BCUT2D eigenvalue weighted by Crippen LogP contribution is -1.86. The Morgan fingerprint density at radius 2 is 1.61 bits per heavy atom. The molecule has 0 atom stereocenters. The average Bonchev–Trinajstić information content (AvgIpc) is 2.41. The van der Waals surface area contributed by atoms with Gasteiger partial charge < -0.3 is 0 Å². The van der Waals surface area contributed by atoms with Crippen molar-refractivity contribution >= 4 is 34.1 Å². The van der Waals surface area contributed by atoms with Crippen molar-refractivity contribution in [3.8, 4) is 11.3 Å². The molecule has 3 aromatic rings. The SMILES string of the molecule is Clc1cccc(-c2ccc3ccccc3n2)c1Cl. The molecule has 1 aromatic heterocycles. The van der Waals surface area contributed by atoms with E-state index in [-0.39, 0.29) is 0 Å². The Hall–Kier alpha value is -1.57. The van der Waals surface area contributed by atoms with Crippen molar-refractivity contribution in [1.82, 2.24) is 4.98 Å². The van der Waals surface area contributed by atoms with Gasteiger partial charge in [-0.1, -0.05) is 59.6 Å². The molecule has 0 aliphatic heterocycles. The molecule has 1 nitrogen and oxygen atoms in total. The third kappa shape index (κ3) is 1.96. The Kier molecular flexibility index (Phi) is 2.94. The molecule has 0 fully saturated rings. The first-order valence-electron chi connectivity index (χ1n) is 5.56. The number of rotatable bonds is 1. The second-order valence-corrected chi connectivity index (χ2v) is 4.78. The fourth-order valence-corrected chi connectivity index (χ4v) is 2.31. The molecule has 0 aliphatic carbocycles. The minimum absolute atomic E-state index is 0.543. The van der Waals surface area contributed by atoms with Crippen molar-refractivity contribution in [3.05, 3.63) is 64.6 Å². The zero-order valence-corrected chi connectivity index (χ0v) is 10.9. The van der Waals surface area contributed by atoms with E-state index in [1.165, 1.54) is 0 Å². The normalized spacial score (nSPS) is 10.8. The fourth-order valence-electron chi connectivity index (χ4n) is 1.92. The molecule has 0 radical (unpaired) electrons. The molecular formula is C15H9Cl2N. The summed E-state index contributed by atoms with van der Waals surface area (Å²) in [5.74, 6) is 0. The van der Waals surface area contributed by atoms with Crippen LogP contribution in [0, 0.1) is 0 Å². The van der Waals surface area contributed by atoms with E-state index < -0.39 is 0 Å². The predicted octanol–water partition coefficient (Wildman–Crippen LogP) is 5.21. The standard InChI is InChI=1S/C15H9Cl2N/c16-12-6-3-5-11(15(12)17)14-9-8-10-4-1-2-7-13(10)18-14/h1-9H. The number of para-hydroxylation sites is 1. The summed E-state index contributed by atoms with van der Waals surface area (Å²) in [6.45, 7) is 0. The van der Waals surface area contributed by atoms with Crippen LogP contribution in [0.15, 0.2) is 54.6 Å². The van der Waals surface area contributed by atoms with Gasteiger partial charge in [0.1, 0.15) is 0 Å². The van der Waals surface area contributed by atoms with E-state index >= 15 is 0 Å². The maximum atomic E-state index is 6.21. The number of halogens is 2. The fraction of sp³-hybridized carbons (Fsp3) is 0. The van der Waals surface area contributed by atoms with Crippen LogP contribution < -0.4 is 0 Å². The monoisotopic (exact) mass is 273 g/mol. The van der Waals surface area contributed by atoms with Gasteiger partial charge in [-0.05, 0) is 18.2 Å². The van der Waals surface area contributed by atoms with Gasteiger partial charge in [0.15, 0.2) is 0 Å². The number of hydrogen-bond acceptors (Lipinski definition) is 1. The van der Waals surface area contributed by atoms with Crippen LogP contribution in [-0.2, 0) is 0 Å². The van der Waals surface area contributed by atoms with Gasteiger partial charge in [0.25, 0.3) is 0 Å². The highest BCUT2D eigenvalue weighted by atomic mass is 35.5. The van der Waals surface area contributed by atoms with Crippen molar-refractivity contribution in [2.75, 3.05) is 0 Å². The van der Waals surface area contributed by atoms with E-state index in [9.17, 15) is 0 Å². The molecule has 2 aromatic carbocycles. The Labute approximate surface area is 115 Å². The van der Waals surface area contributed by atoms with E-state index in [1.807, 2.05) is 48.5 Å². The zero-order valence-electron chi connectivity index (χ0n) is 9.40. The molecule has 0 unspecified atom stereocenters. The minimum atomic E-state index is 0.543. The first-order chi connectivity index (χ1) is 8.75. The van der Waals surface area contributed by atoms with Crippen LogP contribution >= 0.6 is 23.2 Å². The van der Waals surface area contributed by atoms with Crippen LogP contribution in [0.2, 0.25) is 10.0 Å². The van der Waals surface area contributed by atoms with Crippen LogP contribution in [0.25, 0.3) is 22.2 Å². The van der Waals surface area contributed by atoms with E-state index in [4.69, 9.17) is 23.2 Å². The molecule has 18 heavy (non-hydrogen) atoms. The van der Waals surface area contributed by atoms with Gasteiger partial charge in [-0.25, -0.2) is 4.98 Å². The third-order valence-electron chi connectivity index (χ3n) is 2.83. The summed E-state index contributed by atoms with van der Waals surface area (Å²) >= 11 is 12.2. The van der Waals surface area contributed by atoms with Gasteiger partial charge in [0, 0.05) is 10.9 Å². The van der Waals surface area contributed by atoms with Gasteiger partial charge in [-0.2, -0.15) is 0 Å². The molecule has 1 heterocycles. The molecule has 3 heteroatoms. The summed E-state index contributed by atoms with van der Waals surface area (Å²) in [5, 5.41) is 2.20. The van der Waals surface area contributed by atoms with Crippen LogP contribution in [-0.4, -0.2) is 4.98 Å². The average molecular weight is 274 g/mol. The van der Waals surface area contributed by atoms with Gasteiger partial charge in [0.05, 0.1) is 21.3 Å².